The molecule has 1 N–H and O–H groups in total. The predicted molar refractivity (Wildman–Crippen MR) is 70.1 cm³/mol. The first-order valence-electron chi connectivity index (χ1n) is 5.88. The molecule has 2 heterocycles. The molecular weight excluding hydrogens is 266 g/mol. The van der Waals surface area contributed by atoms with Gasteiger partial charge >= 0.3 is 5.97 Å². The number of aryl methyl sites for hydroxylation is 2. The molecule has 2 rings (SSSR count). The minimum Gasteiger partial charge on any atom is -0.461 e. The van der Waals surface area contributed by atoms with E-state index in [2.05, 4.69) is 15.1 Å². The molecule has 2 aromatic rings. The molecule has 7 heteroatoms. The maximum atomic E-state index is 11.5. The van der Waals surface area contributed by atoms with Crippen LogP contribution in [0.15, 0.2) is 15.9 Å². The number of nitrogens with zero attached hydrogens (tertiary/aromatic N) is 2. The van der Waals surface area contributed by atoms with Crippen LogP contribution >= 0.6 is 11.8 Å². The molecule has 0 aromatic carbocycles. The maximum Gasteiger partial charge on any atom is 0.356 e. The number of thioether (sulfide) groups is 1. The van der Waals surface area contributed by atoms with Gasteiger partial charge in [0, 0.05) is 11.3 Å². The molecule has 0 bridgehead atoms. The largest absolute Gasteiger partial charge is 0.461 e. The number of esters is 1. The zero-order chi connectivity index (χ0) is 13.8. The average molecular weight is 281 g/mol. The van der Waals surface area contributed by atoms with Crippen molar-refractivity contribution in [2.45, 2.75) is 31.7 Å². The lowest BCUT2D eigenvalue weighted by atomic mass is 10.2. The molecule has 0 saturated carbocycles. The van der Waals surface area contributed by atoms with Crippen LogP contribution in [-0.2, 0) is 10.5 Å². The zero-order valence-electron chi connectivity index (χ0n) is 11.0. The van der Waals surface area contributed by atoms with E-state index in [-0.39, 0.29) is 5.97 Å². The summed E-state index contributed by atoms with van der Waals surface area (Å²) in [4.78, 5) is 18.5. The van der Waals surface area contributed by atoms with Crippen LogP contribution in [0.4, 0.5) is 0 Å². The van der Waals surface area contributed by atoms with Crippen LogP contribution in [-0.4, -0.2) is 27.7 Å². The van der Waals surface area contributed by atoms with Gasteiger partial charge in [0.25, 0.3) is 0 Å². The van der Waals surface area contributed by atoms with Crippen molar-refractivity contribution in [1.82, 2.24) is 15.1 Å². The Morgan fingerprint density at radius 1 is 1.53 bits per heavy atom. The molecule has 0 aliphatic rings. The Hall–Kier alpha value is -1.76. The number of H-pyrrole nitrogens is 1. The molecule has 0 aliphatic carbocycles. The van der Waals surface area contributed by atoms with Gasteiger partial charge in [-0.05, 0) is 20.8 Å². The van der Waals surface area contributed by atoms with Gasteiger partial charge in [-0.3, -0.25) is 0 Å². The van der Waals surface area contributed by atoms with Gasteiger partial charge in [-0.2, -0.15) is 0 Å². The topological polar surface area (TPSA) is 81.0 Å². The minimum atomic E-state index is -0.390. The fourth-order valence-corrected chi connectivity index (χ4v) is 2.54. The van der Waals surface area contributed by atoms with Crippen LogP contribution < -0.4 is 0 Å². The Kier molecular flexibility index (Phi) is 4.26. The van der Waals surface area contributed by atoms with Crippen LogP contribution in [0.1, 0.15) is 34.4 Å². The van der Waals surface area contributed by atoms with Crippen molar-refractivity contribution in [3.05, 3.63) is 28.9 Å². The third-order valence-electron chi connectivity index (χ3n) is 2.58. The molecule has 0 unspecified atom stereocenters. The summed E-state index contributed by atoms with van der Waals surface area (Å²) in [7, 11) is 0. The van der Waals surface area contributed by atoms with E-state index in [9.17, 15) is 4.79 Å². The van der Waals surface area contributed by atoms with E-state index in [1.165, 1.54) is 18.0 Å². The highest BCUT2D eigenvalue weighted by atomic mass is 32.2. The molecule has 19 heavy (non-hydrogen) atoms. The zero-order valence-corrected chi connectivity index (χ0v) is 11.8. The molecule has 0 amide bonds. The van der Waals surface area contributed by atoms with Crippen LogP contribution in [0.5, 0.6) is 0 Å². The molecule has 2 aromatic heterocycles. The van der Waals surface area contributed by atoms with Crippen molar-refractivity contribution in [1.29, 1.82) is 0 Å². The number of hydrogen-bond donors (Lipinski definition) is 1. The standard InChI is InChI=1S/C12H15N3O3S/c1-4-17-11(16)10-5-13-12(14-10)19-6-9-7(2)15-18-8(9)3/h5H,4,6H2,1-3H3,(H,13,14). The summed E-state index contributed by atoms with van der Waals surface area (Å²) >= 11 is 1.49. The van der Waals surface area contributed by atoms with Crippen LogP contribution in [0, 0.1) is 13.8 Å². The second kappa shape index (κ2) is 5.92. The molecule has 0 radical (unpaired) electrons. The third kappa shape index (κ3) is 3.17. The Morgan fingerprint density at radius 2 is 2.32 bits per heavy atom. The monoisotopic (exact) mass is 281 g/mol. The second-order valence-electron chi connectivity index (χ2n) is 3.91. The summed E-state index contributed by atoms with van der Waals surface area (Å²) in [5.74, 6) is 1.11. The summed E-state index contributed by atoms with van der Waals surface area (Å²) in [6.07, 6.45) is 1.48. The van der Waals surface area contributed by atoms with E-state index in [0.717, 1.165) is 17.0 Å². The first-order chi connectivity index (χ1) is 9.11. The van der Waals surface area contributed by atoms with E-state index in [1.807, 2.05) is 13.8 Å². The number of rotatable bonds is 5. The highest BCUT2D eigenvalue weighted by Crippen LogP contribution is 2.24. The van der Waals surface area contributed by atoms with Gasteiger partial charge in [0.05, 0.1) is 18.5 Å². The summed E-state index contributed by atoms with van der Waals surface area (Å²) in [5.41, 5.74) is 2.30. The maximum absolute atomic E-state index is 11.5. The van der Waals surface area contributed by atoms with Crippen molar-refractivity contribution in [3.63, 3.8) is 0 Å². The summed E-state index contributed by atoms with van der Waals surface area (Å²) in [6.45, 7) is 5.89. The number of carbonyl (C=O) groups is 1. The van der Waals surface area contributed by atoms with Gasteiger partial charge in [0.1, 0.15) is 11.5 Å². The SMILES string of the molecule is CCOC(=O)c1cnc(SCc2c(C)noc2C)[nH]1. The van der Waals surface area contributed by atoms with Crippen LogP contribution in [0.3, 0.4) is 0 Å². The molecule has 102 valence electrons. The predicted octanol–water partition coefficient (Wildman–Crippen LogP) is 2.48. The Balaban J connectivity index is 1.99. The van der Waals surface area contributed by atoms with Crippen molar-refractivity contribution >= 4 is 17.7 Å². The molecule has 0 saturated heterocycles. The van der Waals surface area contributed by atoms with Crippen LogP contribution in [0.25, 0.3) is 0 Å². The Labute approximate surface area is 114 Å². The number of aromatic amines is 1. The van der Waals surface area contributed by atoms with Gasteiger partial charge in [0.15, 0.2) is 5.16 Å². The fraction of sp³-hybridized carbons (Fsp3) is 0.417. The highest BCUT2D eigenvalue weighted by molar-refractivity contribution is 7.98. The van der Waals surface area contributed by atoms with E-state index in [0.29, 0.717) is 23.2 Å². The lowest BCUT2D eigenvalue weighted by molar-refractivity contribution is 0.0519. The number of aromatic nitrogens is 3. The Bertz CT molecular complexity index is 557. The first kappa shape index (κ1) is 13.7. The number of carbonyl (C=O) groups excluding carboxylic acids is 1. The second-order valence-corrected chi connectivity index (χ2v) is 4.88. The number of nitrogens with one attached hydrogen (secondary N) is 1. The van der Waals surface area contributed by atoms with Crippen LogP contribution in [0.2, 0.25) is 0 Å². The van der Waals surface area contributed by atoms with Crippen molar-refractivity contribution in [2.75, 3.05) is 6.61 Å². The van der Waals surface area contributed by atoms with Gasteiger partial charge < -0.3 is 14.2 Å². The molecule has 0 aliphatic heterocycles. The number of ether oxygens (including phenoxy) is 1. The molecule has 0 atom stereocenters. The first-order valence-corrected chi connectivity index (χ1v) is 6.87. The molecule has 6 nitrogen and oxygen atoms in total. The number of hydrogen-bond acceptors (Lipinski definition) is 6. The summed E-state index contributed by atoms with van der Waals surface area (Å²) < 4.78 is 9.98. The van der Waals surface area contributed by atoms with Crippen molar-refractivity contribution < 1.29 is 14.1 Å². The lowest BCUT2D eigenvalue weighted by Gasteiger charge is -1.98. The summed E-state index contributed by atoms with van der Waals surface area (Å²) in [6, 6.07) is 0. The normalized spacial score (nSPS) is 10.7. The summed E-state index contributed by atoms with van der Waals surface area (Å²) in [5, 5.41) is 4.56. The highest BCUT2D eigenvalue weighted by Gasteiger charge is 2.13. The molecule has 0 spiro atoms. The third-order valence-corrected chi connectivity index (χ3v) is 3.50. The van der Waals surface area contributed by atoms with E-state index >= 15 is 0 Å². The fourth-order valence-electron chi connectivity index (χ4n) is 1.54. The van der Waals surface area contributed by atoms with Crippen molar-refractivity contribution in [2.24, 2.45) is 0 Å². The lowest BCUT2D eigenvalue weighted by Crippen LogP contribution is -2.04. The van der Waals surface area contributed by atoms with E-state index < -0.39 is 0 Å². The molecular formula is C12H15N3O3S. The Morgan fingerprint density at radius 3 is 2.95 bits per heavy atom. The van der Waals surface area contributed by atoms with Gasteiger partial charge in [0.2, 0.25) is 0 Å². The van der Waals surface area contributed by atoms with Crippen molar-refractivity contribution in [3.8, 4) is 0 Å². The van der Waals surface area contributed by atoms with Gasteiger partial charge in [-0.25, -0.2) is 9.78 Å². The molecule has 0 fully saturated rings. The smallest absolute Gasteiger partial charge is 0.356 e. The van der Waals surface area contributed by atoms with Gasteiger partial charge in [-0.1, -0.05) is 16.9 Å². The minimum absolute atomic E-state index is 0.347. The average Bonchev–Trinajstić information content (AvgIpc) is 2.96. The van der Waals surface area contributed by atoms with E-state index in [4.69, 9.17) is 9.26 Å². The quantitative estimate of drug-likeness (QED) is 0.670. The number of imidazole rings is 1. The van der Waals surface area contributed by atoms with Gasteiger partial charge in [-0.15, -0.1) is 0 Å². The van der Waals surface area contributed by atoms with E-state index in [1.54, 1.807) is 6.92 Å².